The molecule has 1 amide bonds. The molecule has 0 aliphatic rings. The van der Waals surface area contributed by atoms with E-state index in [1.807, 2.05) is 13.0 Å². The predicted molar refractivity (Wildman–Crippen MR) is 73.9 cm³/mol. The molecule has 1 rings (SSSR count). The second kappa shape index (κ2) is 6.22. The Hall–Kier alpha value is -2.04. The average Bonchev–Trinajstić information content (AvgIpc) is 2.33. The van der Waals surface area contributed by atoms with E-state index in [9.17, 15) is 9.59 Å². The quantitative estimate of drug-likeness (QED) is 0.639. The number of hydrogen-bond acceptors (Lipinski definition) is 4. The van der Waals surface area contributed by atoms with Crippen molar-refractivity contribution in [1.29, 1.82) is 0 Å². The van der Waals surface area contributed by atoms with Crippen LogP contribution in [0.2, 0.25) is 0 Å². The van der Waals surface area contributed by atoms with Gasteiger partial charge in [0.25, 0.3) is 5.91 Å². The summed E-state index contributed by atoms with van der Waals surface area (Å²) in [6.45, 7) is 7.51. The van der Waals surface area contributed by atoms with Crippen LogP contribution in [0.25, 0.3) is 0 Å². The standard InChI is InChI=1S/C14H20N2O3/c1-5-16-13(17)10(4)19-14(18)11-7-12(15)9(3)6-8(11)2/h6-7,10H,5,15H2,1-4H3,(H,16,17). The van der Waals surface area contributed by atoms with Crippen molar-refractivity contribution in [3.05, 3.63) is 28.8 Å². The summed E-state index contributed by atoms with van der Waals surface area (Å²) in [6, 6.07) is 3.40. The highest BCUT2D eigenvalue weighted by molar-refractivity contribution is 5.94. The summed E-state index contributed by atoms with van der Waals surface area (Å²) in [5.74, 6) is -0.850. The summed E-state index contributed by atoms with van der Waals surface area (Å²) >= 11 is 0. The molecule has 3 N–H and O–H groups in total. The third-order valence-corrected chi connectivity index (χ3v) is 2.84. The monoisotopic (exact) mass is 264 g/mol. The number of nitrogen functional groups attached to an aromatic ring is 1. The molecule has 1 aromatic carbocycles. The second-order valence-corrected chi connectivity index (χ2v) is 4.47. The van der Waals surface area contributed by atoms with Crippen LogP contribution in [0.3, 0.4) is 0 Å². The fourth-order valence-corrected chi connectivity index (χ4v) is 1.68. The van der Waals surface area contributed by atoms with Crippen LogP contribution in [-0.4, -0.2) is 24.5 Å². The molecule has 0 heterocycles. The van der Waals surface area contributed by atoms with Crippen molar-refractivity contribution >= 4 is 17.6 Å². The lowest BCUT2D eigenvalue weighted by Crippen LogP contribution is -2.35. The van der Waals surface area contributed by atoms with Crippen LogP contribution >= 0.6 is 0 Å². The number of ether oxygens (including phenoxy) is 1. The first kappa shape index (κ1) is 15.0. The van der Waals surface area contributed by atoms with Gasteiger partial charge in [-0.3, -0.25) is 4.79 Å². The highest BCUT2D eigenvalue weighted by Gasteiger charge is 2.19. The molecule has 19 heavy (non-hydrogen) atoms. The van der Waals surface area contributed by atoms with Gasteiger partial charge in [0, 0.05) is 12.2 Å². The molecule has 5 nitrogen and oxygen atoms in total. The topological polar surface area (TPSA) is 81.4 Å². The molecule has 1 aromatic rings. The lowest BCUT2D eigenvalue weighted by Gasteiger charge is -2.14. The molecule has 0 fully saturated rings. The number of anilines is 1. The zero-order valence-electron chi connectivity index (χ0n) is 11.7. The zero-order chi connectivity index (χ0) is 14.6. The third kappa shape index (κ3) is 3.71. The number of hydrogen-bond donors (Lipinski definition) is 2. The van der Waals surface area contributed by atoms with E-state index in [4.69, 9.17) is 10.5 Å². The number of benzene rings is 1. The van der Waals surface area contributed by atoms with Crippen molar-refractivity contribution < 1.29 is 14.3 Å². The third-order valence-electron chi connectivity index (χ3n) is 2.84. The molecule has 0 bridgehead atoms. The fraction of sp³-hybridized carbons (Fsp3) is 0.429. The molecule has 0 radical (unpaired) electrons. The van der Waals surface area contributed by atoms with Crippen LogP contribution in [0.4, 0.5) is 5.69 Å². The van der Waals surface area contributed by atoms with Crippen molar-refractivity contribution in [3.63, 3.8) is 0 Å². The van der Waals surface area contributed by atoms with E-state index in [0.29, 0.717) is 17.8 Å². The molecule has 0 saturated carbocycles. The van der Waals surface area contributed by atoms with Gasteiger partial charge < -0.3 is 15.8 Å². The van der Waals surface area contributed by atoms with Gasteiger partial charge in [0.05, 0.1) is 5.56 Å². The molecule has 1 atom stereocenters. The van der Waals surface area contributed by atoms with E-state index in [1.54, 1.807) is 19.9 Å². The van der Waals surface area contributed by atoms with E-state index in [1.165, 1.54) is 6.92 Å². The van der Waals surface area contributed by atoms with Gasteiger partial charge in [0.2, 0.25) is 0 Å². The second-order valence-electron chi connectivity index (χ2n) is 4.47. The van der Waals surface area contributed by atoms with Gasteiger partial charge >= 0.3 is 5.97 Å². The Morgan fingerprint density at radius 2 is 1.95 bits per heavy atom. The fourth-order valence-electron chi connectivity index (χ4n) is 1.68. The summed E-state index contributed by atoms with van der Waals surface area (Å²) in [6.07, 6.45) is -0.825. The smallest absolute Gasteiger partial charge is 0.339 e. The van der Waals surface area contributed by atoms with E-state index < -0.39 is 12.1 Å². The van der Waals surface area contributed by atoms with Gasteiger partial charge in [-0.15, -0.1) is 0 Å². The SMILES string of the molecule is CCNC(=O)C(C)OC(=O)c1cc(N)c(C)cc1C. The van der Waals surface area contributed by atoms with E-state index in [0.717, 1.165) is 11.1 Å². The van der Waals surface area contributed by atoms with Gasteiger partial charge in [0.1, 0.15) is 0 Å². The highest BCUT2D eigenvalue weighted by Crippen LogP contribution is 2.19. The van der Waals surface area contributed by atoms with Crippen LogP contribution in [0, 0.1) is 13.8 Å². The van der Waals surface area contributed by atoms with Crippen molar-refractivity contribution in [2.24, 2.45) is 0 Å². The maximum Gasteiger partial charge on any atom is 0.339 e. The van der Waals surface area contributed by atoms with Gasteiger partial charge in [0.15, 0.2) is 6.10 Å². The van der Waals surface area contributed by atoms with Gasteiger partial charge in [-0.1, -0.05) is 6.07 Å². The maximum atomic E-state index is 12.0. The Bertz CT molecular complexity index is 498. The van der Waals surface area contributed by atoms with E-state index >= 15 is 0 Å². The number of likely N-dealkylation sites (N-methyl/N-ethyl adjacent to an activating group) is 1. The molecular formula is C14H20N2O3. The Morgan fingerprint density at radius 3 is 2.53 bits per heavy atom. The molecule has 0 spiro atoms. The summed E-state index contributed by atoms with van der Waals surface area (Å²) in [5.41, 5.74) is 8.38. The molecule has 0 aliphatic heterocycles. The molecule has 0 aliphatic carbocycles. The summed E-state index contributed by atoms with van der Waals surface area (Å²) < 4.78 is 5.12. The molecule has 5 heteroatoms. The first-order chi connectivity index (χ1) is 8.86. The first-order valence-electron chi connectivity index (χ1n) is 6.22. The number of rotatable bonds is 4. The van der Waals surface area contributed by atoms with Crippen LogP contribution < -0.4 is 11.1 Å². The minimum Gasteiger partial charge on any atom is -0.449 e. The van der Waals surface area contributed by atoms with Crippen LogP contribution in [0.1, 0.15) is 35.3 Å². The van der Waals surface area contributed by atoms with Gasteiger partial charge in [-0.25, -0.2) is 4.79 Å². The lowest BCUT2D eigenvalue weighted by atomic mass is 10.0. The summed E-state index contributed by atoms with van der Waals surface area (Å²) in [5, 5.41) is 2.60. The van der Waals surface area contributed by atoms with Crippen molar-refractivity contribution in [3.8, 4) is 0 Å². The number of aryl methyl sites for hydroxylation is 2. The Kier molecular flexibility index (Phi) is 4.92. The first-order valence-corrected chi connectivity index (χ1v) is 6.22. The number of carbonyl (C=O) groups excluding carboxylic acids is 2. The zero-order valence-corrected chi connectivity index (χ0v) is 11.7. The summed E-state index contributed by atoms with van der Waals surface area (Å²) in [7, 11) is 0. The maximum absolute atomic E-state index is 12.0. The average molecular weight is 264 g/mol. The van der Waals surface area contributed by atoms with Crippen LogP contribution in [0.15, 0.2) is 12.1 Å². The van der Waals surface area contributed by atoms with E-state index in [-0.39, 0.29) is 5.91 Å². The van der Waals surface area contributed by atoms with Gasteiger partial charge in [-0.2, -0.15) is 0 Å². The minimum absolute atomic E-state index is 0.311. The Balaban J connectivity index is 2.84. The number of esters is 1. The normalized spacial score (nSPS) is 11.8. The number of nitrogens with one attached hydrogen (secondary N) is 1. The van der Waals surface area contributed by atoms with Crippen molar-refractivity contribution in [1.82, 2.24) is 5.32 Å². The molecule has 0 saturated heterocycles. The molecule has 1 unspecified atom stereocenters. The summed E-state index contributed by atoms with van der Waals surface area (Å²) in [4.78, 5) is 23.5. The van der Waals surface area contributed by atoms with Crippen molar-refractivity contribution in [2.75, 3.05) is 12.3 Å². The van der Waals surface area contributed by atoms with Crippen molar-refractivity contribution in [2.45, 2.75) is 33.8 Å². The highest BCUT2D eigenvalue weighted by atomic mass is 16.5. The Morgan fingerprint density at radius 1 is 1.32 bits per heavy atom. The molecule has 0 aromatic heterocycles. The predicted octanol–water partition coefficient (Wildman–Crippen LogP) is 1.57. The van der Waals surface area contributed by atoms with Crippen LogP contribution in [0.5, 0.6) is 0 Å². The largest absolute Gasteiger partial charge is 0.449 e. The molecular weight excluding hydrogens is 244 g/mol. The molecule has 104 valence electrons. The lowest BCUT2D eigenvalue weighted by molar-refractivity contribution is -0.128. The number of amides is 1. The number of carbonyl (C=O) groups is 2. The minimum atomic E-state index is -0.825. The Labute approximate surface area is 113 Å². The number of nitrogens with two attached hydrogens (primary N) is 1. The van der Waals surface area contributed by atoms with Gasteiger partial charge in [-0.05, 0) is 44.9 Å². The van der Waals surface area contributed by atoms with E-state index in [2.05, 4.69) is 5.32 Å². The van der Waals surface area contributed by atoms with Crippen LogP contribution in [-0.2, 0) is 9.53 Å².